The summed E-state index contributed by atoms with van der Waals surface area (Å²) in [4.78, 5) is 10.6. The maximum absolute atomic E-state index is 6.27. The largest absolute Gasteiger partial charge is 0.330 e. The first-order valence-electron chi connectivity index (χ1n) is 7.03. The average molecular weight is 333 g/mol. The van der Waals surface area contributed by atoms with E-state index in [1.807, 2.05) is 24.3 Å². The number of benzene rings is 1. The van der Waals surface area contributed by atoms with Gasteiger partial charge in [-0.05, 0) is 43.4 Å². The molecule has 4 rings (SSSR count). The van der Waals surface area contributed by atoms with E-state index in [4.69, 9.17) is 28.8 Å². The zero-order chi connectivity index (χ0) is 14.4. The maximum atomic E-state index is 6.27. The SMILES string of the molecule is S=c1[nH]c(-c2ccccc2Cl)nc2sc3c(c12)CCCC3. The molecule has 0 unspecified atom stereocenters. The lowest BCUT2D eigenvalue weighted by molar-refractivity contribution is 0.700. The lowest BCUT2D eigenvalue weighted by Crippen LogP contribution is -1.98. The predicted molar refractivity (Wildman–Crippen MR) is 91.9 cm³/mol. The molecule has 1 aliphatic rings. The van der Waals surface area contributed by atoms with Crippen LogP contribution in [-0.2, 0) is 12.8 Å². The van der Waals surface area contributed by atoms with Gasteiger partial charge in [-0.15, -0.1) is 11.3 Å². The van der Waals surface area contributed by atoms with Gasteiger partial charge in [-0.1, -0.05) is 36.0 Å². The Bertz CT molecular complexity index is 895. The number of nitrogens with zero attached hydrogens (tertiary/aromatic N) is 1. The molecule has 0 fully saturated rings. The molecule has 21 heavy (non-hydrogen) atoms. The predicted octanol–water partition coefficient (Wildman–Crippen LogP) is 5.55. The topological polar surface area (TPSA) is 28.7 Å². The Labute approximate surface area is 136 Å². The smallest absolute Gasteiger partial charge is 0.141 e. The van der Waals surface area contributed by atoms with Crippen molar-refractivity contribution in [1.29, 1.82) is 0 Å². The van der Waals surface area contributed by atoms with Crippen LogP contribution in [0.5, 0.6) is 0 Å². The van der Waals surface area contributed by atoms with Crippen molar-refractivity contribution in [2.24, 2.45) is 0 Å². The first kappa shape index (κ1) is 13.4. The van der Waals surface area contributed by atoms with Gasteiger partial charge >= 0.3 is 0 Å². The second-order valence-corrected chi connectivity index (χ2v) is 7.18. The summed E-state index contributed by atoms with van der Waals surface area (Å²) in [6.45, 7) is 0. The van der Waals surface area contributed by atoms with Crippen molar-refractivity contribution in [1.82, 2.24) is 9.97 Å². The van der Waals surface area contributed by atoms with E-state index >= 15 is 0 Å². The molecule has 2 nitrogen and oxygen atoms in total. The summed E-state index contributed by atoms with van der Waals surface area (Å²) in [5.41, 5.74) is 2.32. The fraction of sp³-hybridized carbons (Fsp3) is 0.250. The molecule has 106 valence electrons. The molecular formula is C16H13ClN2S2. The molecule has 0 bridgehead atoms. The van der Waals surface area contributed by atoms with Gasteiger partial charge in [0.1, 0.15) is 15.3 Å². The molecule has 2 aromatic heterocycles. The van der Waals surface area contributed by atoms with Gasteiger partial charge in [0.05, 0.1) is 5.02 Å². The van der Waals surface area contributed by atoms with Crippen LogP contribution in [0.1, 0.15) is 23.3 Å². The van der Waals surface area contributed by atoms with Crippen LogP contribution in [-0.4, -0.2) is 9.97 Å². The maximum Gasteiger partial charge on any atom is 0.141 e. The number of aryl methyl sites for hydroxylation is 2. The van der Waals surface area contributed by atoms with Crippen molar-refractivity contribution in [2.75, 3.05) is 0 Å². The van der Waals surface area contributed by atoms with Crippen molar-refractivity contribution in [3.63, 3.8) is 0 Å². The third-order valence-corrected chi connectivity index (χ3v) is 5.78. The fourth-order valence-corrected chi connectivity index (χ4v) is 4.82. The zero-order valence-electron chi connectivity index (χ0n) is 11.3. The minimum absolute atomic E-state index is 0.691. The van der Waals surface area contributed by atoms with Crippen molar-refractivity contribution in [2.45, 2.75) is 25.7 Å². The Balaban J connectivity index is 1.98. The quantitative estimate of drug-likeness (QED) is 0.591. The number of aromatic nitrogens is 2. The standard InChI is InChI=1S/C16H13ClN2S2/c17-11-7-3-1-5-9(11)14-18-15(20)13-10-6-2-4-8-12(10)21-16(13)19-14/h1,3,5,7H,2,4,6,8H2,(H,18,19,20). The lowest BCUT2D eigenvalue weighted by atomic mass is 9.97. The molecule has 5 heteroatoms. The lowest BCUT2D eigenvalue weighted by Gasteiger charge is -2.10. The molecule has 0 aliphatic heterocycles. The van der Waals surface area contributed by atoms with E-state index in [0.29, 0.717) is 5.02 Å². The molecule has 0 radical (unpaired) electrons. The summed E-state index contributed by atoms with van der Waals surface area (Å²) in [7, 11) is 0. The summed E-state index contributed by atoms with van der Waals surface area (Å²) in [6, 6.07) is 7.72. The van der Waals surface area contributed by atoms with E-state index in [2.05, 4.69) is 4.98 Å². The summed E-state index contributed by atoms with van der Waals surface area (Å²) >= 11 is 13.7. The Hall–Kier alpha value is -1.23. The number of nitrogens with one attached hydrogen (secondary N) is 1. The molecule has 0 spiro atoms. The van der Waals surface area contributed by atoms with Crippen molar-refractivity contribution in [3.05, 3.63) is 44.4 Å². The second-order valence-electron chi connectivity index (χ2n) is 5.29. The van der Waals surface area contributed by atoms with E-state index in [1.165, 1.54) is 23.3 Å². The number of rotatable bonds is 1. The van der Waals surface area contributed by atoms with E-state index in [1.54, 1.807) is 11.3 Å². The molecule has 0 saturated heterocycles. The van der Waals surface area contributed by atoms with Crippen LogP contribution in [0.3, 0.4) is 0 Å². The molecule has 0 atom stereocenters. The van der Waals surface area contributed by atoms with Gasteiger partial charge in [0, 0.05) is 15.8 Å². The van der Waals surface area contributed by atoms with Gasteiger partial charge in [-0.25, -0.2) is 4.98 Å². The van der Waals surface area contributed by atoms with Crippen LogP contribution in [0.15, 0.2) is 24.3 Å². The zero-order valence-corrected chi connectivity index (χ0v) is 13.7. The van der Waals surface area contributed by atoms with Gasteiger partial charge in [0.15, 0.2) is 0 Å². The highest BCUT2D eigenvalue weighted by Crippen LogP contribution is 2.37. The number of fused-ring (bicyclic) bond motifs is 3. The highest BCUT2D eigenvalue weighted by atomic mass is 35.5. The fourth-order valence-electron chi connectivity index (χ4n) is 2.94. The van der Waals surface area contributed by atoms with Crippen LogP contribution < -0.4 is 0 Å². The molecule has 0 saturated carbocycles. The van der Waals surface area contributed by atoms with Crippen molar-refractivity contribution < 1.29 is 0 Å². The monoisotopic (exact) mass is 332 g/mol. The highest BCUT2D eigenvalue weighted by Gasteiger charge is 2.19. The minimum atomic E-state index is 0.691. The molecular weight excluding hydrogens is 320 g/mol. The van der Waals surface area contributed by atoms with Crippen LogP contribution in [0.4, 0.5) is 0 Å². The molecule has 2 heterocycles. The number of H-pyrrole nitrogens is 1. The third-order valence-electron chi connectivity index (χ3n) is 3.95. The minimum Gasteiger partial charge on any atom is -0.330 e. The van der Waals surface area contributed by atoms with Gasteiger partial charge in [-0.3, -0.25) is 0 Å². The first-order valence-corrected chi connectivity index (χ1v) is 8.64. The normalized spacial score (nSPS) is 14.3. The Morgan fingerprint density at radius 1 is 1.19 bits per heavy atom. The Morgan fingerprint density at radius 2 is 2.00 bits per heavy atom. The van der Waals surface area contributed by atoms with Crippen molar-refractivity contribution >= 4 is 45.4 Å². The Kier molecular flexibility index (Phi) is 3.32. The first-order chi connectivity index (χ1) is 10.2. The van der Waals surface area contributed by atoms with E-state index in [9.17, 15) is 0 Å². The number of hydrogen-bond donors (Lipinski definition) is 1. The molecule has 1 aromatic carbocycles. The third kappa shape index (κ3) is 2.22. The van der Waals surface area contributed by atoms with Crippen LogP contribution in [0.25, 0.3) is 21.6 Å². The Morgan fingerprint density at radius 3 is 2.86 bits per heavy atom. The van der Waals surface area contributed by atoms with E-state index in [-0.39, 0.29) is 0 Å². The van der Waals surface area contributed by atoms with E-state index in [0.717, 1.165) is 39.1 Å². The van der Waals surface area contributed by atoms with Crippen molar-refractivity contribution in [3.8, 4) is 11.4 Å². The van der Waals surface area contributed by atoms with Crippen LogP contribution in [0.2, 0.25) is 5.02 Å². The number of aromatic amines is 1. The molecule has 3 aromatic rings. The van der Waals surface area contributed by atoms with Gasteiger partial charge in [-0.2, -0.15) is 0 Å². The summed E-state index contributed by atoms with van der Waals surface area (Å²) in [5, 5.41) is 1.84. The van der Waals surface area contributed by atoms with Gasteiger partial charge < -0.3 is 4.98 Å². The van der Waals surface area contributed by atoms with Gasteiger partial charge in [0.25, 0.3) is 0 Å². The van der Waals surface area contributed by atoms with Crippen LogP contribution >= 0.6 is 35.2 Å². The number of thiophene rings is 1. The highest BCUT2D eigenvalue weighted by molar-refractivity contribution is 7.71. The van der Waals surface area contributed by atoms with Crippen LogP contribution in [0, 0.1) is 4.64 Å². The molecule has 1 aliphatic carbocycles. The molecule has 0 amide bonds. The molecule has 1 N–H and O–H groups in total. The average Bonchev–Trinajstić information content (AvgIpc) is 2.86. The number of halogens is 1. The summed E-state index contributed by atoms with van der Waals surface area (Å²) in [5.74, 6) is 0.761. The van der Waals surface area contributed by atoms with E-state index < -0.39 is 0 Å². The number of hydrogen-bond acceptors (Lipinski definition) is 3. The second kappa shape index (κ2) is 5.20. The summed E-state index contributed by atoms with van der Waals surface area (Å²) in [6.07, 6.45) is 4.81. The van der Waals surface area contributed by atoms with Gasteiger partial charge in [0.2, 0.25) is 0 Å². The summed E-state index contributed by atoms with van der Waals surface area (Å²) < 4.78 is 0.786.